The molecule has 47 heavy (non-hydrogen) atoms. The van der Waals surface area contributed by atoms with E-state index < -0.39 is 0 Å². The molecule has 10 rings (SSSR count). The number of aliphatic imine (C=N–C) groups is 1. The highest BCUT2D eigenvalue weighted by Gasteiger charge is 2.28. The number of rotatable bonds is 3. The summed E-state index contributed by atoms with van der Waals surface area (Å²) in [6.45, 7) is 0. The van der Waals surface area contributed by atoms with Crippen LogP contribution in [0.4, 0.5) is 0 Å². The highest BCUT2D eigenvalue weighted by Crippen LogP contribution is 2.36. The van der Waals surface area contributed by atoms with Crippen molar-refractivity contribution < 1.29 is 4.42 Å². The largest absolute Gasteiger partial charge is 0.454 e. The highest BCUT2D eigenvalue weighted by atomic mass is 16.3. The number of nitrogens with zero attached hydrogens (tertiary/aromatic N) is 2. The standard InChI is InChI=1S/C42H28N4O/c1-2-9-28-21-30(18-13-25(28)7-1)40-44-41(46-42(45-40)35-23-43-24-37-39(35)34-11-5-6-12-36(34)47-37)31-19-20-33-29(22-31)17-16-27-15-14-26-8-3-4-10-32(26)38(27)33/h1-24,40-41,44H,(H,45,46). The summed E-state index contributed by atoms with van der Waals surface area (Å²) in [7, 11) is 0. The normalized spacial score (nSPS) is 16.7. The van der Waals surface area contributed by atoms with Crippen LogP contribution in [-0.4, -0.2) is 10.8 Å². The second kappa shape index (κ2) is 10.2. The average Bonchev–Trinajstić information content (AvgIpc) is 3.53. The molecule has 0 saturated heterocycles. The molecular weight excluding hydrogens is 576 g/mol. The van der Waals surface area contributed by atoms with E-state index in [1.807, 2.05) is 24.4 Å². The van der Waals surface area contributed by atoms with Crippen molar-refractivity contribution in [3.05, 3.63) is 163 Å². The number of pyridine rings is 1. The van der Waals surface area contributed by atoms with Crippen LogP contribution in [-0.2, 0) is 0 Å². The van der Waals surface area contributed by atoms with Crippen LogP contribution in [0.15, 0.2) is 155 Å². The number of para-hydroxylation sites is 1. The van der Waals surface area contributed by atoms with E-state index in [0.717, 1.165) is 44.5 Å². The van der Waals surface area contributed by atoms with Crippen molar-refractivity contribution >= 4 is 70.9 Å². The molecule has 0 aliphatic carbocycles. The summed E-state index contributed by atoms with van der Waals surface area (Å²) in [6.07, 6.45) is 3.19. The monoisotopic (exact) mass is 604 g/mol. The van der Waals surface area contributed by atoms with Crippen molar-refractivity contribution in [2.45, 2.75) is 12.3 Å². The fourth-order valence-electron chi connectivity index (χ4n) is 7.31. The maximum atomic E-state index is 6.21. The molecule has 0 radical (unpaired) electrons. The number of aromatic nitrogens is 1. The molecule has 5 nitrogen and oxygen atoms in total. The highest BCUT2D eigenvalue weighted by molar-refractivity contribution is 6.20. The molecule has 0 bridgehead atoms. The first-order chi connectivity index (χ1) is 23.3. The molecule has 0 amide bonds. The predicted molar refractivity (Wildman–Crippen MR) is 193 cm³/mol. The molecule has 9 aromatic rings. The van der Waals surface area contributed by atoms with E-state index in [0.29, 0.717) is 0 Å². The zero-order chi connectivity index (χ0) is 30.9. The second-order valence-electron chi connectivity index (χ2n) is 12.3. The maximum absolute atomic E-state index is 6.21. The zero-order valence-electron chi connectivity index (χ0n) is 25.3. The van der Waals surface area contributed by atoms with E-state index in [2.05, 4.69) is 131 Å². The Balaban J connectivity index is 1.15. The number of furan rings is 1. The molecule has 2 N–H and O–H groups in total. The smallest absolute Gasteiger partial charge is 0.154 e. The third kappa shape index (κ3) is 4.21. The van der Waals surface area contributed by atoms with Gasteiger partial charge in [-0.3, -0.25) is 10.3 Å². The molecule has 2 atom stereocenters. The quantitative estimate of drug-likeness (QED) is 0.197. The van der Waals surface area contributed by atoms with Crippen molar-refractivity contribution in [3.8, 4) is 0 Å². The van der Waals surface area contributed by atoms with E-state index in [1.54, 1.807) is 6.20 Å². The van der Waals surface area contributed by atoms with Gasteiger partial charge < -0.3 is 9.73 Å². The lowest BCUT2D eigenvalue weighted by Gasteiger charge is -2.32. The lowest BCUT2D eigenvalue weighted by molar-refractivity contribution is 0.409. The Morgan fingerprint density at radius 1 is 0.511 bits per heavy atom. The number of nitrogens with one attached hydrogen (secondary N) is 2. The minimum atomic E-state index is -0.302. The third-order valence-electron chi connectivity index (χ3n) is 9.58. The Morgan fingerprint density at radius 3 is 2.11 bits per heavy atom. The van der Waals surface area contributed by atoms with Gasteiger partial charge in [0.25, 0.3) is 0 Å². The van der Waals surface area contributed by atoms with Crippen LogP contribution < -0.4 is 10.6 Å². The Kier molecular flexibility index (Phi) is 5.71. The average molecular weight is 605 g/mol. The van der Waals surface area contributed by atoms with Gasteiger partial charge in [-0.25, -0.2) is 4.99 Å². The van der Waals surface area contributed by atoms with Crippen LogP contribution in [0.2, 0.25) is 0 Å². The molecule has 0 spiro atoms. The minimum Gasteiger partial charge on any atom is -0.454 e. The summed E-state index contributed by atoms with van der Waals surface area (Å²) in [5.74, 6) is 0.779. The van der Waals surface area contributed by atoms with Gasteiger partial charge in [0, 0.05) is 22.5 Å². The van der Waals surface area contributed by atoms with E-state index in [4.69, 9.17) is 9.41 Å². The van der Waals surface area contributed by atoms with Gasteiger partial charge in [0.2, 0.25) is 0 Å². The summed E-state index contributed by atoms with van der Waals surface area (Å²) < 4.78 is 6.21. The number of fused-ring (bicyclic) bond motifs is 9. The molecular formula is C42H28N4O. The van der Waals surface area contributed by atoms with Crippen molar-refractivity contribution in [2.75, 3.05) is 0 Å². The Labute approximate surface area is 270 Å². The van der Waals surface area contributed by atoms with Gasteiger partial charge >= 0.3 is 0 Å². The van der Waals surface area contributed by atoms with Gasteiger partial charge in [0.05, 0.1) is 6.20 Å². The summed E-state index contributed by atoms with van der Waals surface area (Å²) in [5.41, 5.74) is 4.73. The topological polar surface area (TPSA) is 62.5 Å². The molecule has 5 heteroatoms. The SMILES string of the molecule is c1ccc2cc(C3NC(c4cncc5oc6ccccc6c45)=NC(c4ccc5c(ccc6ccc7ccccc7c65)c4)N3)ccc2c1. The predicted octanol–water partition coefficient (Wildman–Crippen LogP) is 9.93. The number of hydrogen-bond acceptors (Lipinski definition) is 5. The fraction of sp³-hybridized carbons (Fsp3) is 0.0476. The summed E-state index contributed by atoms with van der Waals surface area (Å²) in [6, 6.07) is 47.5. The van der Waals surface area contributed by atoms with Crippen LogP contribution in [0, 0.1) is 0 Å². The van der Waals surface area contributed by atoms with Crippen LogP contribution in [0.25, 0.3) is 65.0 Å². The van der Waals surface area contributed by atoms with Crippen molar-refractivity contribution in [1.29, 1.82) is 0 Å². The first-order valence-electron chi connectivity index (χ1n) is 16.0. The minimum absolute atomic E-state index is 0.193. The van der Waals surface area contributed by atoms with Gasteiger partial charge in [-0.15, -0.1) is 0 Å². The van der Waals surface area contributed by atoms with E-state index in [9.17, 15) is 0 Å². The summed E-state index contributed by atoms with van der Waals surface area (Å²) in [4.78, 5) is 9.91. The Morgan fingerprint density at radius 2 is 1.19 bits per heavy atom. The van der Waals surface area contributed by atoms with Gasteiger partial charge in [-0.05, 0) is 72.4 Å². The van der Waals surface area contributed by atoms with Crippen LogP contribution in [0.1, 0.15) is 29.0 Å². The lowest BCUT2D eigenvalue weighted by atomic mass is 9.95. The van der Waals surface area contributed by atoms with Gasteiger partial charge in [0.1, 0.15) is 23.8 Å². The van der Waals surface area contributed by atoms with Gasteiger partial charge in [0.15, 0.2) is 5.58 Å². The van der Waals surface area contributed by atoms with Gasteiger partial charge in [-0.2, -0.15) is 0 Å². The molecule has 3 heterocycles. The molecule has 0 fully saturated rings. The zero-order valence-corrected chi connectivity index (χ0v) is 25.3. The van der Waals surface area contributed by atoms with Crippen molar-refractivity contribution in [3.63, 3.8) is 0 Å². The van der Waals surface area contributed by atoms with E-state index >= 15 is 0 Å². The second-order valence-corrected chi connectivity index (χ2v) is 12.3. The van der Waals surface area contributed by atoms with Crippen LogP contribution in [0.3, 0.4) is 0 Å². The van der Waals surface area contributed by atoms with Crippen molar-refractivity contribution in [2.24, 2.45) is 4.99 Å². The summed E-state index contributed by atoms with van der Waals surface area (Å²) >= 11 is 0. The van der Waals surface area contributed by atoms with E-state index in [1.165, 1.54) is 43.1 Å². The molecule has 7 aromatic carbocycles. The lowest BCUT2D eigenvalue weighted by Crippen LogP contribution is -2.45. The third-order valence-corrected chi connectivity index (χ3v) is 9.58. The van der Waals surface area contributed by atoms with Crippen LogP contribution in [0.5, 0.6) is 0 Å². The maximum Gasteiger partial charge on any atom is 0.154 e. The fourth-order valence-corrected chi connectivity index (χ4v) is 7.31. The first kappa shape index (κ1) is 26.2. The molecule has 2 aromatic heterocycles. The molecule has 0 saturated carbocycles. The van der Waals surface area contributed by atoms with E-state index in [-0.39, 0.29) is 12.3 Å². The number of benzene rings is 7. The van der Waals surface area contributed by atoms with Crippen molar-refractivity contribution in [1.82, 2.24) is 15.6 Å². The number of amidine groups is 1. The molecule has 222 valence electrons. The summed E-state index contributed by atoms with van der Waals surface area (Å²) in [5, 5.41) is 19.5. The first-order valence-corrected chi connectivity index (χ1v) is 16.0. The Hall–Kier alpha value is -6.04. The number of hydrogen-bond donors (Lipinski definition) is 2. The molecule has 2 unspecified atom stereocenters. The van der Waals surface area contributed by atoms with Gasteiger partial charge in [-0.1, -0.05) is 115 Å². The van der Waals surface area contributed by atoms with Crippen LogP contribution >= 0.6 is 0 Å². The Bertz CT molecular complexity index is 2730. The molecule has 1 aliphatic rings. The molecule has 1 aliphatic heterocycles.